The Balaban J connectivity index is 1.79. The van der Waals surface area contributed by atoms with Gasteiger partial charge in [-0.2, -0.15) is 0 Å². The molecule has 25 heavy (non-hydrogen) atoms. The molecule has 6 nitrogen and oxygen atoms in total. The second kappa shape index (κ2) is 7.27. The highest BCUT2D eigenvalue weighted by Gasteiger charge is 2.24. The summed E-state index contributed by atoms with van der Waals surface area (Å²) in [6.45, 7) is 6.56. The van der Waals surface area contributed by atoms with Gasteiger partial charge in [0.1, 0.15) is 5.69 Å². The number of anilines is 1. The molecule has 1 amide bonds. The van der Waals surface area contributed by atoms with Crippen LogP contribution in [0.25, 0.3) is 5.69 Å². The molecule has 0 spiro atoms. The van der Waals surface area contributed by atoms with E-state index in [-0.39, 0.29) is 11.5 Å². The van der Waals surface area contributed by atoms with Crippen molar-refractivity contribution in [2.24, 2.45) is 13.0 Å². The number of hydrogen-bond donors (Lipinski definition) is 2. The van der Waals surface area contributed by atoms with E-state index in [1.165, 1.54) is 11.3 Å². The first-order chi connectivity index (χ1) is 12.0. The predicted octanol–water partition coefficient (Wildman–Crippen LogP) is 0.738. The first-order valence-electron chi connectivity index (χ1n) is 8.95. The topological polar surface area (TPSA) is 60.5 Å². The van der Waals surface area contributed by atoms with Crippen LogP contribution >= 0.6 is 0 Å². The van der Waals surface area contributed by atoms with Gasteiger partial charge in [-0.25, -0.2) is 4.68 Å². The first kappa shape index (κ1) is 17.5. The number of carbonyl (C=O) groups is 1. The number of rotatable bonds is 4. The Bertz CT molecular complexity index is 807. The highest BCUT2D eigenvalue weighted by molar-refractivity contribution is 5.91. The molecular weight excluding hydrogens is 316 g/mol. The van der Waals surface area contributed by atoms with E-state index in [1.807, 2.05) is 44.3 Å². The van der Waals surface area contributed by atoms with Crippen LogP contribution in [0.2, 0.25) is 0 Å². The standard InChI is InChI=1S/C19H26N4O2/c1-14-8-7-11-22(12-14)13-17(24)20-18-15(2)21(3)23(19(18)25)16-9-5-4-6-10-16/h4-6,9-10,14H,7-8,11-13H2,1-3H3,(H,20,24)/p+1/t14-/m1/s1. The van der Waals surface area contributed by atoms with Crippen LogP contribution in [0.1, 0.15) is 25.5 Å². The number of amides is 1. The van der Waals surface area contributed by atoms with E-state index in [9.17, 15) is 9.59 Å². The van der Waals surface area contributed by atoms with Gasteiger partial charge in [-0.3, -0.25) is 14.3 Å². The largest absolute Gasteiger partial charge is 0.327 e. The maximum atomic E-state index is 12.8. The minimum atomic E-state index is -0.193. The summed E-state index contributed by atoms with van der Waals surface area (Å²) < 4.78 is 3.36. The Kier molecular flexibility index (Phi) is 5.08. The number of aromatic nitrogens is 2. The minimum absolute atomic E-state index is 0.0879. The third kappa shape index (κ3) is 3.69. The van der Waals surface area contributed by atoms with E-state index in [1.54, 1.807) is 9.36 Å². The van der Waals surface area contributed by atoms with Crippen LogP contribution in [-0.4, -0.2) is 34.9 Å². The van der Waals surface area contributed by atoms with E-state index in [4.69, 9.17) is 0 Å². The number of carbonyl (C=O) groups excluding carboxylic acids is 1. The number of nitrogens with one attached hydrogen (secondary N) is 2. The molecule has 2 N–H and O–H groups in total. The third-order valence-electron chi connectivity index (χ3n) is 5.09. The second-order valence-corrected chi connectivity index (χ2v) is 7.11. The molecule has 1 aliphatic heterocycles. The van der Waals surface area contributed by atoms with Gasteiger partial charge in [-0.05, 0) is 31.9 Å². The highest BCUT2D eigenvalue weighted by atomic mass is 16.2. The van der Waals surface area contributed by atoms with Crippen molar-refractivity contribution >= 4 is 11.6 Å². The van der Waals surface area contributed by atoms with Crippen molar-refractivity contribution in [2.45, 2.75) is 26.7 Å². The molecule has 1 aromatic heterocycles. The van der Waals surface area contributed by atoms with Gasteiger partial charge in [-0.1, -0.05) is 25.1 Å². The molecule has 2 atom stereocenters. The molecule has 134 valence electrons. The van der Waals surface area contributed by atoms with Crippen molar-refractivity contribution < 1.29 is 9.69 Å². The molecule has 2 heterocycles. The number of piperidine rings is 1. The Morgan fingerprint density at radius 2 is 2.04 bits per heavy atom. The molecule has 1 aliphatic rings. The summed E-state index contributed by atoms with van der Waals surface area (Å²) in [7, 11) is 1.83. The molecule has 0 saturated carbocycles. The summed E-state index contributed by atoms with van der Waals surface area (Å²) >= 11 is 0. The summed E-state index contributed by atoms with van der Waals surface area (Å²) in [6, 6.07) is 9.46. The Hall–Kier alpha value is -2.34. The average Bonchev–Trinajstić information content (AvgIpc) is 2.79. The monoisotopic (exact) mass is 343 g/mol. The lowest BCUT2D eigenvalue weighted by atomic mass is 10.0. The average molecular weight is 343 g/mol. The van der Waals surface area contributed by atoms with Crippen LogP contribution in [0.5, 0.6) is 0 Å². The SMILES string of the molecule is Cc1c(NC(=O)C[NH+]2CCC[C@@H](C)C2)c(=O)n(-c2ccccc2)n1C. The maximum absolute atomic E-state index is 12.8. The first-order valence-corrected chi connectivity index (χ1v) is 8.95. The highest BCUT2D eigenvalue weighted by Crippen LogP contribution is 2.13. The fourth-order valence-corrected chi connectivity index (χ4v) is 3.68. The van der Waals surface area contributed by atoms with Crippen LogP contribution in [0.15, 0.2) is 35.1 Å². The van der Waals surface area contributed by atoms with Gasteiger partial charge in [0.25, 0.3) is 11.5 Å². The van der Waals surface area contributed by atoms with Gasteiger partial charge in [0.05, 0.1) is 24.5 Å². The van der Waals surface area contributed by atoms with Gasteiger partial charge in [0.15, 0.2) is 6.54 Å². The number of likely N-dealkylation sites (tertiary alicyclic amines) is 1. The molecular formula is C19H27N4O2+. The number of hydrogen-bond acceptors (Lipinski definition) is 2. The zero-order chi connectivity index (χ0) is 18.0. The van der Waals surface area contributed by atoms with Gasteiger partial charge in [-0.15, -0.1) is 0 Å². The van der Waals surface area contributed by atoms with Crippen molar-refractivity contribution in [3.05, 3.63) is 46.4 Å². The smallest absolute Gasteiger partial charge is 0.295 e. The molecule has 1 aromatic carbocycles. The lowest BCUT2D eigenvalue weighted by Crippen LogP contribution is -3.14. The Labute approximate surface area is 148 Å². The summed E-state index contributed by atoms with van der Waals surface area (Å²) in [4.78, 5) is 26.6. The summed E-state index contributed by atoms with van der Waals surface area (Å²) in [6.07, 6.45) is 2.40. The lowest BCUT2D eigenvalue weighted by molar-refractivity contribution is -0.900. The van der Waals surface area contributed by atoms with Crippen molar-refractivity contribution in [1.82, 2.24) is 9.36 Å². The van der Waals surface area contributed by atoms with Gasteiger partial charge in [0, 0.05) is 13.0 Å². The Morgan fingerprint density at radius 1 is 1.32 bits per heavy atom. The quantitative estimate of drug-likeness (QED) is 0.860. The van der Waals surface area contributed by atoms with Gasteiger partial charge >= 0.3 is 0 Å². The van der Waals surface area contributed by atoms with E-state index in [0.717, 1.165) is 30.9 Å². The molecule has 2 aromatic rings. The van der Waals surface area contributed by atoms with Crippen molar-refractivity contribution in [2.75, 3.05) is 25.0 Å². The normalized spacial score (nSPS) is 20.4. The third-order valence-corrected chi connectivity index (χ3v) is 5.09. The van der Waals surface area contributed by atoms with Crippen LogP contribution in [0, 0.1) is 12.8 Å². The maximum Gasteiger partial charge on any atom is 0.295 e. The molecule has 0 bridgehead atoms. The molecule has 0 aliphatic carbocycles. The summed E-state index contributed by atoms with van der Waals surface area (Å²) in [5.74, 6) is 0.570. The van der Waals surface area contributed by atoms with Crippen LogP contribution < -0.4 is 15.8 Å². The van der Waals surface area contributed by atoms with Crippen LogP contribution in [0.4, 0.5) is 5.69 Å². The van der Waals surface area contributed by atoms with Crippen molar-refractivity contribution in [3.63, 3.8) is 0 Å². The van der Waals surface area contributed by atoms with E-state index < -0.39 is 0 Å². The second-order valence-electron chi connectivity index (χ2n) is 7.11. The van der Waals surface area contributed by atoms with Crippen molar-refractivity contribution in [3.8, 4) is 5.69 Å². The molecule has 1 saturated heterocycles. The molecule has 0 radical (unpaired) electrons. The Morgan fingerprint density at radius 3 is 2.72 bits per heavy atom. The molecule has 1 unspecified atom stereocenters. The minimum Gasteiger partial charge on any atom is -0.327 e. The van der Waals surface area contributed by atoms with E-state index >= 15 is 0 Å². The number of para-hydroxylation sites is 1. The molecule has 1 fully saturated rings. The van der Waals surface area contributed by atoms with Crippen LogP contribution in [0.3, 0.4) is 0 Å². The summed E-state index contributed by atoms with van der Waals surface area (Å²) in [5.41, 5.74) is 1.72. The van der Waals surface area contributed by atoms with Crippen molar-refractivity contribution in [1.29, 1.82) is 0 Å². The van der Waals surface area contributed by atoms with E-state index in [0.29, 0.717) is 18.2 Å². The zero-order valence-electron chi connectivity index (χ0n) is 15.2. The zero-order valence-corrected chi connectivity index (χ0v) is 15.2. The van der Waals surface area contributed by atoms with Crippen LogP contribution in [-0.2, 0) is 11.8 Å². The van der Waals surface area contributed by atoms with E-state index in [2.05, 4.69) is 12.2 Å². The number of quaternary nitrogens is 1. The summed E-state index contributed by atoms with van der Waals surface area (Å²) in [5, 5.41) is 2.86. The molecule has 3 rings (SSSR count). The van der Waals surface area contributed by atoms with Gasteiger partial charge in [0.2, 0.25) is 0 Å². The lowest BCUT2D eigenvalue weighted by Gasteiger charge is -2.27. The fourth-order valence-electron chi connectivity index (χ4n) is 3.68. The number of nitrogens with zero attached hydrogens (tertiary/aromatic N) is 2. The predicted molar refractivity (Wildman–Crippen MR) is 98.3 cm³/mol. The molecule has 6 heteroatoms. The van der Waals surface area contributed by atoms with Gasteiger partial charge < -0.3 is 10.2 Å². The fraction of sp³-hybridized carbons (Fsp3) is 0.474. The number of benzene rings is 1.